The van der Waals surface area contributed by atoms with Gasteiger partial charge in [0, 0.05) is 5.56 Å². The average molecular weight is 400 g/mol. The lowest BCUT2D eigenvalue weighted by Gasteiger charge is -2.17. The van der Waals surface area contributed by atoms with Crippen LogP contribution in [0.25, 0.3) is 0 Å². The van der Waals surface area contributed by atoms with Crippen molar-refractivity contribution in [2.45, 2.75) is 32.5 Å². The number of carbonyl (C=O) groups is 4. The molecule has 3 unspecified atom stereocenters. The van der Waals surface area contributed by atoms with E-state index in [1.165, 1.54) is 18.2 Å². The molecule has 1 aromatic rings. The third kappa shape index (κ3) is 7.46. The molecule has 0 radical (unpaired) electrons. The lowest BCUT2D eigenvalue weighted by molar-refractivity contribution is -0.154. The Balaban J connectivity index is 1.65. The third-order valence-electron chi connectivity index (χ3n) is 4.03. The topological polar surface area (TPSA) is 96.0 Å². The van der Waals surface area contributed by atoms with Crippen molar-refractivity contribution in [2.24, 2.45) is 5.92 Å². The van der Waals surface area contributed by atoms with Crippen molar-refractivity contribution in [1.82, 2.24) is 0 Å². The van der Waals surface area contributed by atoms with Crippen LogP contribution in [-0.4, -0.2) is 48.9 Å². The molecule has 0 aromatic heterocycles. The molecule has 154 valence electrons. The predicted molar refractivity (Wildman–Crippen MR) is 104 cm³/mol. The quantitative estimate of drug-likeness (QED) is 0.338. The number of carbonyl (C=O) groups excluding carboxylic acids is 4. The molecule has 0 spiro atoms. The molecule has 1 aromatic carbocycles. The second-order valence-electron chi connectivity index (χ2n) is 6.71. The number of allylic oxidation sites excluding steroid dienone is 4. The zero-order valence-corrected chi connectivity index (χ0v) is 16.4. The number of ketones is 2. The Morgan fingerprint density at radius 1 is 0.966 bits per heavy atom. The van der Waals surface area contributed by atoms with Crippen LogP contribution in [0.5, 0.6) is 0 Å². The van der Waals surface area contributed by atoms with Crippen LogP contribution in [0.1, 0.15) is 30.6 Å². The van der Waals surface area contributed by atoms with Crippen molar-refractivity contribution in [3.63, 3.8) is 0 Å². The normalized spacial score (nSPS) is 17.4. The van der Waals surface area contributed by atoms with Crippen LogP contribution >= 0.6 is 0 Å². The Bertz CT molecular complexity index is 795. The van der Waals surface area contributed by atoms with E-state index in [0.29, 0.717) is 0 Å². The summed E-state index contributed by atoms with van der Waals surface area (Å²) in [7, 11) is 0. The molecule has 0 heterocycles. The summed E-state index contributed by atoms with van der Waals surface area (Å²) in [4.78, 5) is 47.4. The van der Waals surface area contributed by atoms with Gasteiger partial charge in [-0.15, -0.1) is 0 Å². The molecule has 2 rings (SSSR count). The minimum absolute atomic E-state index is 0.0281. The van der Waals surface area contributed by atoms with E-state index in [4.69, 9.17) is 14.2 Å². The highest BCUT2D eigenvalue weighted by Gasteiger charge is 2.22. The fourth-order valence-electron chi connectivity index (χ4n) is 2.60. The van der Waals surface area contributed by atoms with Crippen molar-refractivity contribution in [3.8, 4) is 0 Å². The largest absolute Gasteiger partial charge is 0.460 e. The molecule has 0 aliphatic heterocycles. The molecular formula is C22H24O7. The number of hydrogen-bond donors (Lipinski definition) is 0. The van der Waals surface area contributed by atoms with Crippen molar-refractivity contribution < 1.29 is 33.4 Å². The molecule has 0 fully saturated rings. The summed E-state index contributed by atoms with van der Waals surface area (Å²) in [6.45, 7) is 3.40. The maximum Gasteiger partial charge on any atom is 0.380 e. The van der Waals surface area contributed by atoms with E-state index in [9.17, 15) is 19.2 Å². The first kappa shape index (κ1) is 22.2. The van der Waals surface area contributed by atoms with Crippen LogP contribution in [0.15, 0.2) is 54.6 Å². The highest BCUT2D eigenvalue weighted by molar-refractivity contribution is 6.40. The highest BCUT2D eigenvalue weighted by Crippen LogP contribution is 2.14. The Hall–Kier alpha value is -3.06. The van der Waals surface area contributed by atoms with Crippen molar-refractivity contribution in [3.05, 3.63) is 60.2 Å². The van der Waals surface area contributed by atoms with Crippen LogP contribution in [0.4, 0.5) is 0 Å². The van der Waals surface area contributed by atoms with Gasteiger partial charge in [0.05, 0.1) is 25.6 Å². The first-order valence-corrected chi connectivity index (χ1v) is 9.33. The Morgan fingerprint density at radius 2 is 1.62 bits per heavy atom. The zero-order valence-electron chi connectivity index (χ0n) is 16.4. The zero-order chi connectivity index (χ0) is 21.2. The van der Waals surface area contributed by atoms with Crippen LogP contribution in [0.2, 0.25) is 0 Å². The van der Waals surface area contributed by atoms with E-state index in [1.54, 1.807) is 50.3 Å². The van der Waals surface area contributed by atoms with Gasteiger partial charge in [0.2, 0.25) is 0 Å². The molecule has 1 aliphatic rings. The average Bonchev–Trinajstić information content (AvgIpc) is 2.69. The number of esters is 2. The molecule has 0 bridgehead atoms. The van der Waals surface area contributed by atoms with Gasteiger partial charge in [-0.1, -0.05) is 48.6 Å². The van der Waals surface area contributed by atoms with Crippen LogP contribution < -0.4 is 0 Å². The summed E-state index contributed by atoms with van der Waals surface area (Å²) in [5, 5.41) is 0. The molecule has 29 heavy (non-hydrogen) atoms. The SMILES string of the molecule is CC(COCC(C)OC(=O)C(=O)c1ccccc1)OC(=O)CC1C=CC=CC1=O. The first-order valence-electron chi connectivity index (χ1n) is 9.33. The van der Waals surface area contributed by atoms with E-state index >= 15 is 0 Å². The summed E-state index contributed by atoms with van der Waals surface area (Å²) in [5.74, 6) is -2.80. The highest BCUT2D eigenvalue weighted by atomic mass is 16.6. The molecule has 0 saturated heterocycles. The van der Waals surface area contributed by atoms with Gasteiger partial charge in [-0.2, -0.15) is 0 Å². The molecule has 7 heteroatoms. The van der Waals surface area contributed by atoms with Gasteiger partial charge >= 0.3 is 11.9 Å². The van der Waals surface area contributed by atoms with E-state index in [2.05, 4.69) is 0 Å². The van der Waals surface area contributed by atoms with Crippen molar-refractivity contribution in [2.75, 3.05) is 13.2 Å². The smallest absolute Gasteiger partial charge is 0.380 e. The van der Waals surface area contributed by atoms with Gasteiger partial charge in [-0.3, -0.25) is 14.4 Å². The molecule has 0 amide bonds. The molecule has 7 nitrogen and oxygen atoms in total. The second kappa shape index (κ2) is 11.1. The lowest BCUT2D eigenvalue weighted by Crippen LogP contribution is -2.28. The van der Waals surface area contributed by atoms with E-state index in [1.807, 2.05) is 0 Å². The van der Waals surface area contributed by atoms with Crippen molar-refractivity contribution in [1.29, 1.82) is 0 Å². The van der Waals surface area contributed by atoms with E-state index < -0.39 is 35.8 Å². The fraction of sp³-hybridized carbons (Fsp3) is 0.364. The molecule has 0 N–H and O–H groups in total. The number of hydrogen-bond acceptors (Lipinski definition) is 7. The summed E-state index contributed by atoms with van der Waals surface area (Å²) in [6, 6.07) is 8.13. The molecule has 3 atom stereocenters. The maximum absolute atomic E-state index is 12.0. The number of Topliss-reactive ketones (excluding diaryl/α,β-unsaturated/α-hetero) is 1. The summed E-state index contributed by atoms with van der Waals surface area (Å²) < 4.78 is 15.7. The predicted octanol–water partition coefficient (Wildman–Crippen LogP) is 2.45. The van der Waals surface area contributed by atoms with Gasteiger partial charge < -0.3 is 14.2 Å². The standard InChI is InChI=1S/C22H24O7/c1-15(28-20(24)12-18-10-6-7-11-19(18)23)13-27-14-16(2)29-22(26)21(25)17-8-4-3-5-9-17/h3-11,15-16,18H,12-14H2,1-2H3. The van der Waals surface area contributed by atoms with Gasteiger partial charge in [-0.05, 0) is 19.9 Å². The first-order chi connectivity index (χ1) is 13.9. The Morgan fingerprint density at radius 3 is 2.28 bits per heavy atom. The number of benzene rings is 1. The van der Waals surface area contributed by atoms with Gasteiger partial charge in [-0.25, -0.2) is 4.79 Å². The third-order valence-corrected chi connectivity index (χ3v) is 4.03. The summed E-state index contributed by atoms with van der Waals surface area (Å²) in [5.41, 5.74) is 0.257. The molecule has 0 saturated carbocycles. The summed E-state index contributed by atoms with van der Waals surface area (Å²) >= 11 is 0. The monoisotopic (exact) mass is 400 g/mol. The van der Waals surface area contributed by atoms with Gasteiger partial charge in [0.15, 0.2) is 5.78 Å². The molecular weight excluding hydrogens is 376 g/mol. The Kier molecular flexibility index (Phi) is 8.48. The fourth-order valence-corrected chi connectivity index (χ4v) is 2.60. The van der Waals surface area contributed by atoms with Crippen molar-refractivity contribution >= 4 is 23.5 Å². The maximum atomic E-state index is 12.0. The number of rotatable bonds is 10. The van der Waals surface area contributed by atoms with E-state index in [0.717, 1.165) is 0 Å². The lowest BCUT2D eigenvalue weighted by atomic mass is 9.96. The minimum atomic E-state index is -0.953. The van der Waals surface area contributed by atoms with Crippen LogP contribution in [0.3, 0.4) is 0 Å². The van der Waals surface area contributed by atoms with Crippen LogP contribution in [0, 0.1) is 5.92 Å². The van der Waals surface area contributed by atoms with Gasteiger partial charge in [0.1, 0.15) is 12.2 Å². The van der Waals surface area contributed by atoms with Gasteiger partial charge in [0.25, 0.3) is 5.78 Å². The van der Waals surface area contributed by atoms with E-state index in [-0.39, 0.29) is 31.0 Å². The molecule has 1 aliphatic carbocycles. The Labute approximate surface area is 169 Å². The summed E-state index contributed by atoms with van der Waals surface area (Å²) in [6.07, 6.45) is 5.23. The number of ether oxygens (including phenoxy) is 3. The van der Waals surface area contributed by atoms with Crippen LogP contribution in [-0.2, 0) is 28.6 Å². The second-order valence-corrected chi connectivity index (χ2v) is 6.71. The minimum Gasteiger partial charge on any atom is -0.460 e.